The second-order valence-electron chi connectivity index (χ2n) is 5.89. The molecule has 0 spiro atoms. The van der Waals surface area contributed by atoms with Gasteiger partial charge in [-0.15, -0.1) is 0 Å². The van der Waals surface area contributed by atoms with Crippen LogP contribution in [-0.4, -0.2) is 53.8 Å². The van der Waals surface area contributed by atoms with Crippen molar-refractivity contribution >= 4 is 5.91 Å². The Hall–Kier alpha value is -1.47. The average molecular weight is 294 g/mol. The van der Waals surface area contributed by atoms with Crippen LogP contribution in [0.3, 0.4) is 0 Å². The molecule has 0 radical (unpaired) electrons. The third-order valence-electron chi connectivity index (χ3n) is 4.40. The molecule has 1 aliphatic heterocycles. The fourth-order valence-electron chi connectivity index (χ4n) is 3.12. The first-order valence-corrected chi connectivity index (χ1v) is 7.48. The number of nitrogens with one attached hydrogen (secondary N) is 1. The number of ether oxygens (including phenoxy) is 1. The van der Waals surface area contributed by atoms with Gasteiger partial charge in [-0.25, -0.2) is 0 Å². The van der Waals surface area contributed by atoms with E-state index in [-0.39, 0.29) is 5.91 Å². The van der Waals surface area contributed by atoms with Crippen LogP contribution in [-0.2, 0) is 16.1 Å². The predicted molar refractivity (Wildman–Crippen MR) is 74.6 cm³/mol. The number of methoxy groups -OCH3 is 1. The number of amides is 1. The number of nitrogens with zero attached hydrogens (tertiary/aromatic N) is 3. The zero-order valence-electron chi connectivity index (χ0n) is 12.6. The third kappa shape index (κ3) is 2.67. The Labute approximate surface area is 124 Å². The molecule has 116 valence electrons. The van der Waals surface area contributed by atoms with Crippen molar-refractivity contribution in [2.45, 2.75) is 43.7 Å². The first-order chi connectivity index (χ1) is 10.2. The number of hydrogen-bond donors (Lipinski definition) is 1. The van der Waals surface area contributed by atoms with Gasteiger partial charge in [-0.3, -0.25) is 9.69 Å². The van der Waals surface area contributed by atoms with Gasteiger partial charge in [0.25, 0.3) is 0 Å². The van der Waals surface area contributed by atoms with Crippen molar-refractivity contribution in [2.75, 3.05) is 27.3 Å². The number of likely N-dealkylation sites (tertiary alicyclic amines) is 1. The van der Waals surface area contributed by atoms with Gasteiger partial charge >= 0.3 is 0 Å². The lowest BCUT2D eigenvalue weighted by atomic mass is 9.96. The molecule has 21 heavy (non-hydrogen) atoms. The van der Waals surface area contributed by atoms with E-state index in [0.717, 1.165) is 38.1 Å². The first kappa shape index (κ1) is 14.5. The standard InChI is InChI=1S/C14H22N4O3/c1-15-13(19)14(9-20-2)6-3-7-18(14)8-11-16-12(21-17-11)10-4-5-10/h10H,3-9H2,1-2H3,(H,15,19). The van der Waals surface area contributed by atoms with Gasteiger partial charge in [0.2, 0.25) is 11.8 Å². The van der Waals surface area contributed by atoms with E-state index in [1.165, 1.54) is 0 Å². The van der Waals surface area contributed by atoms with Crippen molar-refractivity contribution in [3.8, 4) is 0 Å². The normalized spacial score (nSPS) is 26.2. The fraction of sp³-hybridized carbons (Fsp3) is 0.786. The molecular formula is C14H22N4O3. The van der Waals surface area contributed by atoms with Crippen LogP contribution in [0.4, 0.5) is 0 Å². The lowest BCUT2D eigenvalue weighted by molar-refractivity contribution is -0.135. The van der Waals surface area contributed by atoms with Crippen LogP contribution in [0.2, 0.25) is 0 Å². The fourth-order valence-corrected chi connectivity index (χ4v) is 3.12. The second kappa shape index (κ2) is 5.73. The molecule has 1 saturated heterocycles. The summed E-state index contributed by atoms with van der Waals surface area (Å²) in [6.07, 6.45) is 4.02. The molecule has 1 aliphatic carbocycles. The summed E-state index contributed by atoms with van der Waals surface area (Å²) in [5.41, 5.74) is -0.621. The first-order valence-electron chi connectivity index (χ1n) is 7.48. The van der Waals surface area contributed by atoms with Crippen molar-refractivity contribution in [2.24, 2.45) is 0 Å². The molecule has 0 aromatic carbocycles. The summed E-state index contributed by atoms with van der Waals surface area (Å²) < 4.78 is 10.6. The summed E-state index contributed by atoms with van der Waals surface area (Å²) in [7, 11) is 3.29. The van der Waals surface area contributed by atoms with Crippen molar-refractivity contribution < 1.29 is 14.1 Å². The Morgan fingerprint density at radius 2 is 2.38 bits per heavy atom. The van der Waals surface area contributed by atoms with E-state index in [9.17, 15) is 4.79 Å². The summed E-state index contributed by atoms with van der Waals surface area (Å²) in [6, 6.07) is 0. The molecule has 1 amide bonds. The van der Waals surface area contributed by atoms with Gasteiger partial charge < -0.3 is 14.6 Å². The number of aromatic nitrogens is 2. The molecule has 2 heterocycles. The Kier molecular flexibility index (Phi) is 3.95. The zero-order chi connectivity index (χ0) is 14.9. The molecule has 3 rings (SSSR count). The van der Waals surface area contributed by atoms with Crippen LogP contribution in [0, 0.1) is 0 Å². The topological polar surface area (TPSA) is 80.5 Å². The number of likely N-dealkylation sites (N-methyl/N-ethyl adjacent to an activating group) is 1. The number of hydrogen-bond acceptors (Lipinski definition) is 6. The van der Waals surface area contributed by atoms with Gasteiger partial charge in [0.05, 0.1) is 13.2 Å². The molecule has 1 aromatic rings. The maximum Gasteiger partial charge on any atom is 0.242 e. The van der Waals surface area contributed by atoms with Crippen molar-refractivity contribution in [3.05, 3.63) is 11.7 Å². The van der Waals surface area contributed by atoms with Crippen molar-refractivity contribution in [3.63, 3.8) is 0 Å². The molecule has 1 N–H and O–H groups in total. The molecule has 7 nitrogen and oxygen atoms in total. The quantitative estimate of drug-likeness (QED) is 0.831. The summed E-state index contributed by atoms with van der Waals surface area (Å²) in [5.74, 6) is 1.84. The Morgan fingerprint density at radius 1 is 1.57 bits per heavy atom. The molecular weight excluding hydrogens is 272 g/mol. The molecule has 1 atom stereocenters. The lowest BCUT2D eigenvalue weighted by Gasteiger charge is -2.35. The van der Waals surface area contributed by atoms with E-state index >= 15 is 0 Å². The Bertz CT molecular complexity index is 514. The van der Waals surface area contributed by atoms with E-state index in [4.69, 9.17) is 9.26 Å². The van der Waals surface area contributed by atoms with E-state index in [0.29, 0.717) is 24.9 Å². The van der Waals surface area contributed by atoms with Crippen LogP contribution >= 0.6 is 0 Å². The van der Waals surface area contributed by atoms with Crippen LogP contribution in [0.5, 0.6) is 0 Å². The maximum atomic E-state index is 12.4. The van der Waals surface area contributed by atoms with E-state index in [1.807, 2.05) is 0 Å². The zero-order valence-corrected chi connectivity index (χ0v) is 12.6. The lowest BCUT2D eigenvalue weighted by Crippen LogP contribution is -2.57. The van der Waals surface area contributed by atoms with Crippen LogP contribution in [0.15, 0.2) is 4.52 Å². The maximum absolute atomic E-state index is 12.4. The Morgan fingerprint density at radius 3 is 3.05 bits per heavy atom. The molecule has 2 fully saturated rings. The third-order valence-corrected chi connectivity index (χ3v) is 4.40. The van der Waals surface area contributed by atoms with Gasteiger partial charge in [0, 0.05) is 20.1 Å². The predicted octanol–water partition coefficient (Wildman–Crippen LogP) is 0.674. The van der Waals surface area contributed by atoms with E-state index < -0.39 is 5.54 Å². The van der Waals surface area contributed by atoms with Crippen LogP contribution in [0.25, 0.3) is 0 Å². The monoisotopic (exact) mass is 294 g/mol. The minimum atomic E-state index is -0.621. The molecule has 0 bridgehead atoms. The SMILES string of the molecule is CNC(=O)C1(COC)CCCN1Cc1noc(C2CC2)n1. The largest absolute Gasteiger partial charge is 0.382 e. The number of rotatable bonds is 6. The molecule has 7 heteroatoms. The highest BCUT2D eigenvalue weighted by Gasteiger charge is 2.47. The van der Waals surface area contributed by atoms with Gasteiger partial charge in [0.1, 0.15) is 5.54 Å². The van der Waals surface area contributed by atoms with E-state index in [1.54, 1.807) is 14.2 Å². The summed E-state index contributed by atoms with van der Waals surface area (Å²) >= 11 is 0. The van der Waals surface area contributed by atoms with Crippen LogP contribution < -0.4 is 5.32 Å². The van der Waals surface area contributed by atoms with Gasteiger partial charge in [-0.1, -0.05) is 5.16 Å². The molecule has 1 aromatic heterocycles. The van der Waals surface area contributed by atoms with Gasteiger partial charge in [-0.05, 0) is 32.2 Å². The van der Waals surface area contributed by atoms with Gasteiger partial charge in [-0.2, -0.15) is 4.98 Å². The number of carbonyl (C=O) groups excluding carboxylic acids is 1. The minimum Gasteiger partial charge on any atom is -0.382 e. The minimum absolute atomic E-state index is 0.00670. The second-order valence-corrected chi connectivity index (χ2v) is 5.89. The average Bonchev–Trinajstić information content (AvgIpc) is 3.11. The van der Waals surface area contributed by atoms with E-state index in [2.05, 4.69) is 20.4 Å². The highest BCUT2D eigenvalue weighted by atomic mass is 16.5. The summed E-state index contributed by atoms with van der Waals surface area (Å²) in [6.45, 7) is 1.73. The molecule has 1 saturated carbocycles. The van der Waals surface area contributed by atoms with Crippen LogP contribution in [0.1, 0.15) is 43.3 Å². The molecule has 2 aliphatic rings. The number of carbonyl (C=O) groups is 1. The van der Waals surface area contributed by atoms with Crippen molar-refractivity contribution in [1.29, 1.82) is 0 Å². The highest BCUT2D eigenvalue weighted by molar-refractivity contribution is 5.86. The smallest absolute Gasteiger partial charge is 0.242 e. The summed E-state index contributed by atoms with van der Waals surface area (Å²) in [4.78, 5) is 18.9. The highest BCUT2D eigenvalue weighted by Crippen LogP contribution is 2.39. The van der Waals surface area contributed by atoms with Gasteiger partial charge in [0.15, 0.2) is 5.82 Å². The summed E-state index contributed by atoms with van der Waals surface area (Å²) in [5, 5.41) is 6.81. The van der Waals surface area contributed by atoms with Crippen molar-refractivity contribution in [1.82, 2.24) is 20.4 Å². The molecule has 1 unspecified atom stereocenters. The Balaban J connectivity index is 1.76.